The summed E-state index contributed by atoms with van der Waals surface area (Å²) in [7, 11) is 3.07. The van der Waals surface area contributed by atoms with Gasteiger partial charge in [0.1, 0.15) is 17.3 Å². The molecule has 0 saturated carbocycles. The van der Waals surface area contributed by atoms with Crippen LogP contribution in [0, 0.1) is 5.82 Å². The highest BCUT2D eigenvalue weighted by Gasteiger charge is 2.16. The second-order valence-corrected chi connectivity index (χ2v) is 8.54. The van der Waals surface area contributed by atoms with E-state index in [0.29, 0.717) is 33.8 Å². The molecule has 3 rings (SSSR count). The number of rotatable bonds is 10. The summed E-state index contributed by atoms with van der Waals surface area (Å²) in [5, 5.41) is 0. The summed E-state index contributed by atoms with van der Waals surface area (Å²) in [5.74, 6) is -0.840. The monoisotopic (exact) mass is 504 g/mol. The number of benzene rings is 3. The minimum atomic E-state index is -0.548. The highest BCUT2D eigenvalue weighted by atomic mass is 19.1. The first kappa shape index (κ1) is 27.5. The molecular weight excluding hydrogens is 475 g/mol. The van der Waals surface area contributed by atoms with Crippen LogP contribution in [0.3, 0.4) is 0 Å². The Hall–Kier alpha value is -4.07. The van der Waals surface area contributed by atoms with Crippen molar-refractivity contribution in [3.05, 3.63) is 95.8 Å². The smallest absolute Gasteiger partial charge is 0.338 e. The van der Waals surface area contributed by atoms with Gasteiger partial charge in [0.2, 0.25) is 0 Å². The minimum absolute atomic E-state index is 0.176. The van der Waals surface area contributed by atoms with Crippen molar-refractivity contribution in [3.63, 3.8) is 0 Å². The standard InChI is InChI=1S/C30H29FO6/c1-18(2)29(32)36-24-9-11-25(22(14-24)16-34-5)21-7-10-26(27(31)15-21)20-8-12-28(23(13-20)17-35-6)37-30(33)19(3)4/h7-15H,1,3,16-17H2,2,4-6H3. The van der Waals surface area contributed by atoms with Gasteiger partial charge < -0.3 is 18.9 Å². The molecule has 0 bridgehead atoms. The van der Waals surface area contributed by atoms with Gasteiger partial charge in [-0.25, -0.2) is 14.0 Å². The van der Waals surface area contributed by atoms with Crippen LogP contribution in [0.5, 0.6) is 11.5 Å². The van der Waals surface area contributed by atoms with E-state index in [1.54, 1.807) is 69.5 Å². The van der Waals surface area contributed by atoms with Gasteiger partial charge in [-0.1, -0.05) is 37.4 Å². The number of hydrogen-bond donors (Lipinski definition) is 0. The largest absolute Gasteiger partial charge is 0.423 e. The lowest BCUT2D eigenvalue weighted by Gasteiger charge is -2.14. The van der Waals surface area contributed by atoms with E-state index in [-0.39, 0.29) is 24.4 Å². The summed E-state index contributed by atoms with van der Waals surface area (Å²) in [6, 6.07) is 15.0. The summed E-state index contributed by atoms with van der Waals surface area (Å²) in [4.78, 5) is 23.9. The molecule has 0 N–H and O–H groups in total. The van der Waals surface area contributed by atoms with Crippen molar-refractivity contribution in [2.24, 2.45) is 0 Å². The Morgan fingerprint density at radius 2 is 1.30 bits per heavy atom. The average Bonchev–Trinajstić information content (AvgIpc) is 2.85. The predicted molar refractivity (Wildman–Crippen MR) is 140 cm³/mol. The first-order valence-electron chi connectivity index (χ1n) is 11.4. The molecule has 0 spiro atoms. The normalized spacial score (nSPS) is 10.6. The van der Waals surface area contributed by atoms with Crippen LogP contribution in [-0.2, 0) is 32.3 Å². The first-order chi connectivity index (χ1) is 17.6. The molecule has 3 aromatic rings. The van der Waals surface area contributed by atoms with E-state index in [1.165, 1.54) is 13.2 Å². The maximum absolute atomic E-state index is 15.4. The Bertz CT molecular complexity index is 1360. The van der Waals surface area contributed by atoms with Gasteiger partial charge in [0.05, 0.1) is 13.2 Å². The number of carbonyl (C=O) groups excluding carboxylic acids is 2. The fourth-order valence-electron chi connectivity index (χ4n) is 3.60. The third-order valence-electron chi connectivity index (χ3n) is 5.44. The second-order valence-electron chi connectivity index (χ2n) is 8.54. The second kappa shape index (κ2) is 12.3. The van der Waals surface area contributed by atoms with Crippen LogP contribution in [0.1, 0.15) is 25.0 Å². The lowest BCUT2D eigenvalue weighted by Crippen LogP contribution is -2.10. The van der Waals surface area contributed by atoms with Crippen LogP contribution in [0.25, 0.3) is 22.3 Å². The molecule has 192 valence electrons. The molecule has 0 aliphatic heterocycles. The summed E-state index contributed by atoms with van der Waals surface area (Å²) in [5.41, 5.74) is 4.23. The van der Waals surface area contributed by atoms with Gasteiger partial charge in [-0.2, -0.15) is 0 Å². The van der Waals surface area contributed by atoms with E-state index in [0.717, 1.165) is 11.1 Å². The topological polar surface area (TPSA) is 71.1 Å². The van der Waals surface area contributed by atoms with Crippen molar-refractivity contribution < 1.29 is 32.9 Å². The Balaban J connectivity index is 1.96. The van der Waals surface area contributed by atoms with Crippen molar-refractivity contribution in [3.8, 4) is 33.8 Å². The van der Waals surface area contributed by atoms with E-state index in [4.69, 9.17) is 18.9 Å². The van der Waals surface area contributed by atoms with Gasteiger partial charge >= 0.3 is 11.9 Å². The minimum Gasteiger partial charge on any atom is -0.423 e. The number of halogens is 1. The van der Waals surface area contributed by atoms with Gasteiger partial charge in [-0.15, -0.1) is 0 Å². The van der Waals surface area contributed by atoms with Crippen LogP contribution >= 0.6 is 0 Å². The lowest BCUT2D eigenvalue weighted by atomic mass is 9.95. The van der Waals surface area contributed by atoms with Crippen molar-refractivity contribution in [1.82, 2.24) is 0 Å². The number of ether oxygens (including phenoxy) is 4. The molecule has 3 aromatic carbocycles. The van der Waals surface area contributed by atoms with Crippen LogP contribution in [0.2, 0.25) is 0 Å². The fourth-order valence-corrected chi connectivity index (χ4v) is 3.60. The van der Waals surface area contributed by atoms with E-state index in [9.17, 15) is 9.59 Å². The molecule has 0 amide bonds. The Morgan fingerprint density at radius 1 is 0.730 bits per heavy atom. The van der Waals surface area contributed by atoms with Gasteiger partial charge in [0.15, 0.2) is 0 Å². The highest BCUT2D eigenvalue weighted by molar-refractivity contribution is 5.89. The first-order valence-corrected chi connectivity index (χ1v) is 11.4. The molecule has 0 atom stereocenters. The van der Waals surface area contributed by atoms with Gasteiger partial charge in [0.25, 0.3) is 0 Å². The molecule has 0 saturated heterocycles. The molecule has 0 unspecified atom stereocenters. The van der Waals surface area contributed by atoms with Crippen LogP contribution < -0.4 is 9.47 Å². The van der Waals surface area contributed by atoms with E-state index < -0.39 is 17.8 Å². The number of carbonyl (C=O) groups is 2. The molecule has 0 aliphatic carbocycles. The molecule has 37 heavy (non-hydrogen) atoms. The number of methoxy groups -OCH3 is 2. The average molecular weight is 505 g/mol. The zero-order valence-electron chi connectivity index (χ0n) is 21.4. The SMILES string of the molecule is C=C(C)C(=O)Oc1ccc(-c2ccc(-c3ccc(OC(=O)C(=C)C)c(COC)c3)c(F)c2)c(COC)c1. The zero-order valence-corrected chi connectivity index (χ0v) is 21.4. The van der Waals surface area contributed by atoms with Crippen molar-refractivity contribution in [2.45, 2.75) is 27.1 Å². The molecule has 6 nitrogen and oxygen atoms in total. The summed E-state index contributed by atoms with van der Waals surface area (Å²) >= 11 is 0. The molecular formula is C30H29FO6. The lowest BCUT2D eigenvalue weighted by molar-refractivity contribution is -0.131. The van der Waals surface area contributed by atoms with Crippen molar-refractivity contribution in [2.75, 3.05) is 14.2 Å². The van der Waals surface area contributed by atoms with E-state index in [1.807, 2.05) is 0 Å². The molecule has 0 fully saturated rings. The van der Waals surface area contributed by atoms with Gasteiger partial charge in [-0.3, -0.25) is 0 Å². The van der Waals surface area contributed by atoms with Crippen molar-refractivity contribution in [1.29, 1.82) is 0 Å². The third-order valence-corrected chi connectivity index (χ3v) is 5.44. The maximum atomic E-state index is 15.4. The fraction of sp³-hybridized carbons (Fsp3) is 0.200. The van der Waals surface area contributed by atoms with Crippen LogP contribution in [0.4, 0.5) is 4.39 Å². The van der Waals surface area contributed by atoms with Crippen molar-refractivity contribution >= 4 is 11.9 Å². The number of hydrogen-bond acceptors (Lipinski definition) is 6. The Kier molecular flexibility index (Phi) is 9.11. The van der Waals surface area contributed by atoms with Gasteiger partial charge in [0, 0.05) is 36.5 Å². The van der Waals surface area contributed by atoms with Crippen LogP contribution in [-0.4, -0.2) is 26.2 Å². The molecule has 7 heteroatoms. The van der Waals surface area contributed by atoms with E-state index >= 15 is 4.39 Å². The Labute approximate surface area is 215 Å². The summed E-state index contributed by atoms with van der Waals surface area (Å²) in [6.07, 6.45) is 0. The highest BCUT2D eigenvalue weighted by Crippen LogP contribution is 2.34. The molecule has 0 aliphatic rings. The summed E-state index contributed by atoms with van der Waals surface area (Å²) in [6.45, 7) is 10.7. The molecule has 0 aromatic heterocycles. The van der Waals surface area contributed by atoms with Crippen LogP contribution in [0.15, 0.2) is 78.9 Å². The van der Waals surface area contributed by atoms with Gasteiger partial charge in [-0.05, 0) is 66.4 Å². The predicted octanol–water partition coefficient (Wildman–Crippen LogP) is 6.42. The number of esters is 2. The summed E-state index contributed by atoms with van der Waals surface area (Å²) < 4.78 is 36.6. The molecule has 0 heterocycles. The van der Waals surface area contributed by atoms with E-state index in [2.05, 4.69) is 13.2 Å². The quantitative estimate of drug-likeness (QED) is 0.180. The maximum Gasteiger partial charge on any atom is 0.338 e. The Morgan fingerprint density at radius 3 is 1.92 bits per heavy atom. The molecule has 0 radical (unpaired) electrons. The zero-order chi connectivity index (χ0) is 27.1. The third kappa shape index (κ3) is 6.78.